The molecule has 17 heavy (non-hydrogen) atoms. The number of allylic oxidation sites excluding steroid dienone is 2. The number of likely N-dealkylation sites (tertiary alicyclic amines) is 1. The van der Waals surface area contributed by atoms with Gasteiger partial charge in [0.05, 0.1) is 17.9 Å². The lowest BCUT2D eigenvalue weighted by molar-refractivity contribution is -0.141. The van der Waals surface area contributed by atoms with Crippen molar-refractivity contribution in [1.82, 2.24) is 4.90 Å². The first-order valence-electron chi connectivity index (χ1n) is 6.15. The third-order valence-corrected chi connectivity index (χ3v) is 4.02. The molecule has 3 aliphatic rings. The molecule has 0 aromatic carbocycles. The standard InChI is InChI=1S/C13H14N2O2/c14-7-11(8-5-6-8)15-12(16)9-3-1-2-4-10(9)13(15)17/h1-2,8-11H,3-6H2/t9-,10+,11?. The first kappa shape index (κ1) is 10.5. The summed E-state index contributed by atoms with van der Waals surface area (Å²) in [4.78, 5) is 25.7. The second kappa shape index (κ2) is 3.69. The maximum Gasteiger partial charge on any atom is 0.234 e. The van der Waals surface area contributed by atoms with Crippen molar-refractivity contribution in [3.05, 3.63) is 12.2 Å². The fraction of sp³-hybridized carbons (Fsp3) is 0.615. The van der Waals surface area contributed by atoms with Crippen molar-refractivity contribution in [3.8, 4) is 6.07 Å². The summed E-state index contributed by atoms with van der Waals surface area (Å²) < 4.78 is 0. The Bertz CT molecular complexity index is 419. The number of rotatable bonds is 2. The zero-order chi connectivity index (χ0) is 12.0. The van der Waals surface area contributed by atoms with Crippen LogP contribution in [0.4, 0.5) is 0 Å². The van der Waals surface area contributed by atoms with Gasteiger partial charge in [-0.25, -0.2) is 0 Å². The highest BCUT2D eigenvalue weighted by atomic mass is 16.2. The Morgan fingerprint density at radius 1 is 1.18 bits per heavy atom. The lowest BCUT2D eigenvalue weighted by Crippen LogP contribution is -2.41. The maximum atomic E-state index is 12.2. The molecule has 0 radical (unpaired) electrons. The van der Waals surface area contributed by atoms with E-state index in [1.54, 1.807) is 0 Å². The van der Waals surface area contributed by atoms with Crippen molar-refractivity contribution < 1.29 is 9.59 Å². The van der Waals surface area contributed by atoms with Gasteiger partial charge in [-0.15, -0.1) is 0 Å². The molecular formula is C13H14N2O2. The molecule has 4 heteroatoms. The molecular weight excluding hydrogens is 216 g/mol. The highest BCUT2D eigenvalue weighted by Gasteiger charge is 2.52. The van der Waals surface area contributed by atoms with Gasteiger partial charge < -0.3 is 0 Å². The molecule has 2 fully saturated rings. The molecule has 0 spiro atoms. The fourth-order valence-electron chi connectivity index (χ4n) is 2.89. The van der Waals surface area contributed by atoms with Crippen molar-refractivity contribution in [2.75, 3.05) is 0 Å². The SMILES string of the molecule is N#CC(C1CC1)N1C(=O)[C@H]2CC=CC[C@H]2C1=O. The molecule has 1 saturated carbocycles. The Kier molecular flexibility index (Phi) is 2.29. The average molecular weight is 230 g/mol. The van der Waals surface area contributed by atoms with E-state index in [2.05, 4.69) is 6.07 Å². The Morgan fingerprint density at radius 2 is 1.71 bits per heavy atom. The molecule has 3 atom stereocenters. The molecule has 1 saturated heterocycles. The van der Waals surface area contributed by atoms with Crippen LogP contribution in [0.5, 0.6) is 0 Å². The fourth-order valence-corrected chi connectivity index (χ4v) is 2.89. The van der Waals surface area contributed by atoms with Gasteiger partial charge in [-0.2, -0.15) is 5.26 Å². The van der Waals surface area contributed by atoms with Crippen LogP contribution in [0, 0.1) is 29.1 Å². The number of hydrogen-bond donors (Lipinski definition) is 0. The lowest BCUT2D eigenvalue weighted by atomic mass is 9.85. The summed E-state index contributed by atoms with van der Waals surface area (Å²) in [7, 11) is 0. The molecule has 4 nitrogen and oxygen atoms in total. The van der Waals surface area contributed by atoms with Gasteiger partial charge in [0.25, 0.3) is 0 Å². The van der Waals surface area contributed by atoms with Gasteiger partial charge in [0.15, 0.2) is 0 Å². The number of hydrogen-bond acceptors (Lipinski definition) is 3. The molecule has 1 heterocycles. The minimum Gasteiger partial charge on any atom is -0.274 e. The van der Waals surface area contributed by atoms with Crippen LogP contribution in [0.25, 0.3) is 0 Å². The number of nitrogens with zero attached hydrogens (tertiary/aromatic N) is 2. The third-order valence-electron chi connectivity index (χ3n) is 4.02. The van der Waals surface area contributed by atoms with Crippen molar-refractivity contribution in [3.63, 3.8) is 0 Å². The Labute approximate surface area is 99.9 Å². The lowest BCUT2D eigenvalue weighted by Gasteiger charge is -2.20. The summed E-state index contributed by atoms with van der Waals surface area (Å²) in [5.41, 5.74) is 0. The number of fused-ring (bicyclic) bond motifs is 1. The van der Waals surface area contributed by atoms with Gasteiger partial charge >= 0.3 is 0 Å². The molecule has 1 unspecified atom stereocenters. The van der Waals surface area contributed by atoms with E-state index in [4.69, 9.17) is 5.26 Å². The molecule has 3 rings (SSSR count). The van der Waals surface area contributed by atoms with Crippen LogP contribution in [0.3, 0.4) is 0 Å². The quantitative estimate of drug-likeness (QED) is 0.529. The van der Waals surface area contributed by atoms with E-state index in [0.717, 1.165) is 12.8 Å². The van der Waals surface area contributed by atoms with Crippen molar-refractivity contribution >= 4 is 11.8 Å². The summed E-state index contributed by atoms with van der Waals surface area (Å²) in [6.45, 7) is 0. The van der Waals surface area contributed by atoms with Gasteiger partial charge in [0.2, 0.25) is 11.8 Å². The first-order chi connectivity index (χ1) is 8.24. The van der Waals surface area contributed by atoms with E-state index in [1.807, 2.05) is 12.2 Å². The van der Waals surface area contributed by atoms with E-state index in [-0.39, 0.29) is 29.6 Å². The van der Waals surface area contributed by atoms with Gasteiger partial charge in [-0.1, -0.05) is 12.2 Å². The number of nitriles is 1. The van der Waals surface area contributed by atoms with Crippen molar-refractivity contribution in [2.24, 2.45) is 17.8 Å². The largest absolute Gasteiger partial charge is 0.274 e. The minimum absolute atomic E-state index is 0.122. The van der Waals surface area contributed by atoms with Crippen LogP contribution >= 0.6 is 0 Å². The highest BCUT2D eigenvalue weighted by Crippen LogP contribution is 2.41. The van der Waals surface area contributed by atoms with Crippen LogP contribution in [0.15, 0.2) is 12.2 Å². The molecule has 0 bridgehead atoms. The number of amides is 2. The molecule has 1 aliphatic heterocycles. The van der Waals surface area contributed by atoms with E-state index in [1.165, 1.54) is 4.90 Å². The second-order valence-corrected chi connectivity index (χ2v) is 5.11. The summed E-state index contributed by atoms with van der Waals surface area (Å²) in [6.07, 6.45) is 7.15. The predicted molar refractivity (Wildman–Crippen MR) is 59.3 cm³/mol. The van der Waals surface area contributed by atoms with Gasteiger partial charge in [-0.3, -0.25) is 14.5 Å². The maximum absolute atomic E-state index is 12.2. The molecule has 2 aliphatic carbocycles. The highest BCUT2D eigenvalue weighted by molar-refractivity contribution is 6.06. The van der Waals surface area contributed by atoms with Crippen molar-refractivity contribution in [2.45, 2.75) is 31.7 Å². The third kappa shape index (κ3) is 1.49. The zero-order valence-electron chi connectivity index (χ0n) is 9.50. The van der Waals surface area contributed by atoms with Crippen LogP contribution in [0.2, 0.25) is 0 Å². The van der Waals surface area contributed by atoms with Gasteiger partial charge in [0.1, 0.15) is 6.04 Å². The zero-order valence-corrected chi connectivity index (χ0v) is 9.50. The summed E-state index contributed by atoms with van der Waals surface area (Å²) in [5.74, 6) is -0.434. The van der Waals surface area contributed by atoms with E-state index in [0.29, 0.717) is 12.8 Å². The second-order valence-electron chi connectivity index (χ2n) is 5.11. The Balaban J connectivity index is 1.89. The molecule has 88 valence electrons. The minimum atomic E-state index is -0.513. The average Bonchev–Trinajstić information content (AvgIpc) is 3.15. The van der Waals surface area contributed by atoms with Gasteiger partial charge in [0, 0.05) is 0 Å². The topological polar surface area (TPSA) is 61.2 Å². The smallest absolute Gasteiger partial charge is 0.234 e. The Morgan fingerprint density at radius 3 is 2.12 bits per heavy atom. The van der Waals surface area contributed by atoms with E-state index >= 15 is 0 Å². The van der Waals surface area contributed by atoms with E-state index in [9.17, 15) is 9.59 Å². The van der Waals surface area contributed by atoms with Crippen LogP contribution in [-0.4, -0.2) is 22.8 Å². The van der Waals surface area contributed by atoms with Crippen LogP contribution in [0.1, 0.15) is 25.7 Å². The summed E-state index contributed by atoms with van der Waals surface area (Å²) >= 11 is 0. The number of carbonyl (C=O) groups excluding carboxylic acids is 2. The van der Waals surface area contributed by atoms with Crippen LogP contribution < -0.4 is 0 Å². The molecule has 0 N–H and O–H groups in total. The summed E-state index contributed by atoms with van der Waals surface area (Å²) in [6, 6.07) is 1.63. The number of imide groups is 1. The molecule has 0 aromatic rings. The predicted octanol–water partition coefficient (Wildman–Crippen LogP) is 1.24. The van der Waals surface area contributed by atoms with Crippen LogP contribution in [-0.2, 0) is 9.59 Å². The van der Waals surface area contributed by atoms with Gasteiger partial charge in [-0.05, 0) is 31.6 Å². The van der Waals surface area contributed by atoms with Crippen molar-refractivity contribution in [1.29, 1.82) is 5.26 Å². The van der Waals surface area contributed by atoms with E-state index < -0.39 is 6.04 Å². The molecule has 0 aromatic heterocycles. The Hall–Kier alpha value is -1.63. The number of carbonyl (C=O) groups is 2. The summed E-state index contributed by atoms with van der Waals surface area (Å²) in [5, 5.41) is 9.15. The first-order valence-corrected chi connectivity index (χ1v) is 6.15. The monoisotopic (exact) mass is 230 g/mol. The molecule has 2 amide bonds. The normalized spacial score (nSPS) is 33.5.